The van der Waals surface area contributed by atoms with E-state index < -0.39 is 0 Å². The van der Waals surface area contributed by atoms with Gasteiger partial charge in [-0.1, -0.05) is 96.1 Å². The molecule has 0 saturated carbocycles. The molecule has 0 amide bonds. The van der Waals surface area contributed by atoms with E-state index in [2.05, 4.69) is 47.1 Å². The van der Waals surface area contributed by atoms with Gasteiger partial charge in [0.2, 0.25) is 0 Å². The lowest BCUT2D eigenvalue weighted by Gasteiger charge is -2.02. The number of pyridine rings is 2. The molecule has 0 aliphatic heterocycles. The summed E-state index contributed by atoms with van der Waals surface area (Å²) in [6, 6.07) is 12.0. The summed E-state index contributed by atoms with van der Waals surface area (Å²) >= 11 is 0. The molecule has 3 heteroatoms. The number of unbranched alkanes of at least 4 members (excludes halogenated alkanes) is 13. The number of hydrogen-bond acceptors (Lipinski definition) is 1. The molecule has 2 heterocycles. The number of hydrogen-bond donors (Lipinski definition) is 0. The Kier molecular flexibility index (Phi) is 21.8. The zero-order chi connectivity index (χ0) is 20.0. The summed E-state index contributed by atoms with van der Waals surface area (Å²) in [6.45, 7) is 3.47. The zero-order valence-electron chi connectivity index (χ0n) is 18.7. The summed E-state index contributed by atoms with van der Waals surface area (Å²) in [4.78, 5) is 3.78. The van der Waals surface area contributed by atoms with E-state index >= 15 is 0 Å². The average Bonchev–Trinajstić information content (AvgIpc) is 2.76. The molecule has 164 valence electrons. The third-order valence-electron chi connectivity index (χ3n) is 5.11. The highest BCUT2D eigenvalue weighted by Crippen LogP contribution is 2.12. The van der Waals surface area contributed by atoms with Crippen molar-refractivity contribution in [3.05, 3.63) is 61.2 Å². The van der Waals surface area contributed by atoms with E-state index in [1.165, 1.54) is 96.4 Å². The molecule has 2 rings (SSSR count). The molecule has 0 bridgehead atoms. The molecule has 29 heavy (non-hydrogen) atoms. The first-order valence-electron chi connectivity index (χ1n) is 11.7. The molecule has 0 fully saturated rings. The number of aromatic nitrogens is 2. The van der Waals surface area contributed by atoms with Crippen molar-refractivity contribution >= 4 is 12.4 Å². The predicted molar refractivity (Wildman–Crippen MR) is 128 cm³/mol. The molecule has 2 aromatic rings. The third kappa shape index (κ3) is 19.7. The van der Waals surface area contributed by atoms with Crippen LogP contribution in [0.15, 0.2) is 61.2 Å². The quantitative estimate of drug-likeness (QED) is 0.211. The Bertz CT molecular complexity index is 492. The van der Waals surface area contributed by atoms with E-state index in [-0.39, 0.29) is 12.4 Å². The van der Waals surface area contributed by atoms with Crippen LogP contribution in [-0.2, 0) is 6.54 Å². The summed E-state index contributed by atoms with van der Waals surface area (Å²) in [7, 11) is 0. The number of rotatable bonds is 15. The van der Waals surface area contributed by atoms with Crippen LogP contribution in [0.25, 0.3) is 0 Å². The Morgan fingerprint density at radius 1 is 0.517 bits per heavy atom. The smallest absolute Gasteiger partial charge is 0.168 e. The Hall–Kier alpha value is -1.41. The fourth-order valence-electron chi connectivity index (χ4n) is 3.38. The lowest BCUT2D eigenvalue weighted by Crippen LogP contribution is -2.32. The summed E-state index contributed by atoms with van der Waals surface area (Å²) in [5.74, 6) is 0. The van der Waals surface area contributed by atoms with Crippen molar-refractivity contribution in [1.29, 1.82) is 0 Å². The fourth-order valence-corrected chi connectivity index (χ4v) is 3.38. The Morgan fingerprint density at radius 2 is 0.931 bits per heavy atom. The third-order valence-corrected chi connectivity index (χ3v) is 5.11. The minimum absolute atomic E-state index is 0. The molecule has 2 aromatic heterocycles. The summed E-state index contributed by atoms with van der Waals surface area (Å²) in [6.07, 6.45) is 27.9. The lowest BCUT2D eigenvalue weighted by atomic mass is 10.0. The van der Waals surface area contributed by atoms with Crippen molar-refractivity contribution in [3.8, 4) is 0 Å². The second kappa shape index (κ2) is 22.9. The number of nitrogens with zero attached hydrogens (tertiary/aromatic N) is 2. The van der Waals surface area contributed by atoms with Crippen LogP contribution in [-0.4, -0.2) is 4.98 Å². The van der Waals surface area contributed by atoms with Gasteiger partial charge in [0.15, 0.2) is 12.4 Å². The first-order chi connectivity index (χ1) is 13.9. The van der Waals surface area contributed by atoms with Gasteiger partial charge >= 0.3 is 0 Å². The molecule has 0 spiro atoms. The topological polar surface area (TPSA) is 16.8 Å². The van der Waals surface area contributed by atoms with Gasteiger partial charge in [-0.15, -0.1) is 12.4 Å². The van der Waals surface area contributed by atoms with Gasteiger partial charge in [-0.25, -0.2) is 4.57 Å². The highest BCUT2D eigenvalue weighted by molar-refractivity contribution is 5.85. The maximum absolute atomic E-state index is 3.78. The van der Waals surface area contributed by atoms with E-state index in [1.807, 2.05) is 18.2 Å². The minimum Gasteiger partial charge on any atom is -0.265 e. The van der Waals surface area contributed by atoms with Crippen LogP contribution in [0.2, 0.25) is 0 Å². The molecular formula is C26H44ClN2+. The van der Waals surface area contributed by atoms with Crippen molar-refractivity contribution in [2.75, 3.05) is 0 Å². The molecule has 0 saturated heterocycles. The van der Waals surface area contributed by atoms with Crippen LogP contribution in [0.3, 0.4) is 0 Å². The first-order valence-corrected chi connectivity index (χ1v) is 11.7. The molecule has 0 atom stereocenters. The molecule has 0 radical (unpaired) electrons. The van der Waals surface area contributed by atoms with Gasteiger partial charge in [-0.2, -0.15) is 0 Å². The Labute approximate surface area is 186 Å². The van der Waals surface area contributed by atoms with E-state index in [0.717, 1.165) is 0 Å². The molecule has 0 unspecified atom stereocenters. The lowest BCUT2D eigenvalue weighted by molar-refractivity contribution is -0.697. The minimum atomic E-state index is 0. The van der Waals surface area contributed by atoms with Gasteiger partial charge in [-0.05, 0) is 18.6 Å². The van der Waals surface area contributed by atoms with Gasteiger partial charge in [-0.3, -0.25) is 4.98 Å². The average molecular weight is 420 g/mol. The number of halogens is 1. The molecule has 0 N–H and O–H groups in total. The summed E-state index contributed by atoms with van der Waals surface area (Å²) < 4.78 is 2.29. The van der Waals surface area contributed by atoms with Crippen molar-refractivity contribution in [1.82, 2.24) is 4.98 Å². The SMILES string of the molecule is CCCCCCCCCCCCCCCC[n+]1ccccc1.Cl.c1ccncc1. The Balaban J connectivity index is 0.000000953. The zero-order valence-corrected chi connectivity index (χ0v) is 19.5. The van der Waals surface area contributed by atoms with Gasteiger partial charge in [0, 0.05) is 30.9 Å². The highest BCUT2D eigenvalue weighted by atomic mass is 35.5. The van der Waals surface area contributed by atoms with Gasteiger partial charge in [0.1, 0.15) is 6.54 Å². The predicted octanol–water partition coefficient (Wildman–Crippen LogP) is 7.96. The van der Waals surface area contributed by atoms with Gasteiger partial charge in [0.25, 0.3) is 0 Å². The van der Waals surface area contributed by atoms with Crippen molar-refractivity contribution in [2.24, 2.45) is 0 Å². The van der Waals surface area contributed by atoms with Crippen LogP contribution in [0.5, 0.6) is 0 Å². The molecule has 2 nitrogen and oxygen atoms in total. The maximum atomic E-state index is 3.78. The first kappa shape index (κ1) is 27.6. The van der Waals surface area contributed by atoms with E-state index in [1.54, 1.807) is 12.4 Å². The van der Waals surface area contributed by atoms with Crippen molar-refractivity contribution in [3.63, 3.8) is 0 Å². The van der Waals surface area contributed by atoms with Crippen LogP contribution in [0.1, 0.15) is 96.8 Å². The normalized spacial score (nSPS) is 9.97. The standard InChI is InChI=1S/C21H38N.C5H5N.ClH/c1-2-3-4-5-6-7-8-9-10-11-12-13-14-16-19-22-20-17-15-18-21-22;1-2-4-6-5-3-1;/h15,17-18,20-21H,2-14,16,19H2,1H3;1-5H;1H/q+1;;. The van der Waals surface area contributed by atoms with E-state index in [0.29, 0.717) is 0 Å². The molecule has 0 aromatic carbocycles. The summed E-state index contributed by atoms with van der Waals surface area (Å²) in [5.41, 5.74) is 0. The largest absolute Gasteiger partial charge is 0.265 e. The number of aryl methyl sites for hydroxylation is 1. The highest BCUT2D eigenvalue weighted by Gasteiger charge is 1.98. The molecular weight excluding hydrogens is 376 g/mol. The maximum Gasteiger partial charge on any atom is 0.168 e. The van der Waals surface area contributed by atoms with Crippen molar-refractivity contribution in [2.45, 2.75) is 103 Å². The van der Waals surface area contributed by atoms with Crippen molar-refractivity contribution < 1.29 is 4.57 Å². The van der Waals surface area contributed by atoms with Crippen LogP contribution in [0.4, 0.5) is 0 Å². The van der Waals surface area contributed by atoms with E-state index in [4.69, 9.17) is 0 Å². The fraction of sp³-hybridized carbons (Fsp3) is 0.615. The van der Waals surface area contributed by atoms with Crippen LogP contribution in [0, 0.1) is 0 Å². The second-order valence-electron chi connectivity index (χ2n) is 7.73. The Morgan fingerprint density at radius 3 is 1.31 bits per heavy atom. The van der Waals surface area contributed by atoms with Gasteiger partial charge in [0.05, 0.1) is 0 Å². The van der Waals surface area contributed by atoms with Gasteiger partial charge < -0.3 is 0 Å². The van der Waals surface area contributed by atoms with E-state index in [9.17, 15) is 0 Å². The molecule has 0 aliphatic carbocycles. The second-order valence-corrected chi connectivity index (χ2v) is 7.73. The summed E-state index contributed by atoms with van der Waals surface area (Å²) in [5, 5.41) is 0. The van der Waals surface area contributed by atoms with Crippen LogP contribution >= 0.6 is 12.4 Å². The molecule has 0 aliphatic rings. The van der Waals surface area contributed by atoms with Crippen LogP contribution < -0.4 is 4.57 Å². The monoisotopic (exact) mass is 419 g/mol.